The fourth-order valence-electron chi connectivity index (χ4n) is 2.00. The maximum Gasteiger partial charge on any atom is 0.000760 e. The Balaban J connectivity index is 3.89. The Bertz CT molecular complexity index is 106. The lowest BCUT2D eigenvalue weighted by Gasteiger charge is -2.31. The van der Waals surface area contributed by atoms with E-state index in [1.165, 1.54) is 45.2 Å². The Labute approximate surface area is 84.3 Å². The molecule has 0 bridgehead atoms. The topological polar surface area (TPSA) is 12.0 Å². The third-order valence-corrected chi connectivity index (χ3v) is 3.21. The molecule has 0 aromatic heterocycles. The first-order valence-electron chi connectivity index (χ1n) is 5.95. The van der Waals surface area contributed by atoms with Crippen LogP contribution >= 0.6 is 0 Å². The molecule has 0 radical (unpaired) electrons. The largest absolute Gasteiger partial charge is 0.316 e. The van der Waals surface area contributed by atoms with Gasteiger partial charge < -0.3 is 5.32 Å². The average molecular weight is 185 g/mol. The zero-order valence-corrected chi connectivity index (χ0v) is 9.95. The van der Waals surface area contributed by atoms with E-state index < -0.39 is 0 Å². The van der Waals surface area contributed by atoms with Crippen molar-refractivity contribution >= 4 is 0 Å². The van der Waals surface area contributed by atoms with Gasteiger partial charge >= 0.3 is 0 Å². The summed E-state index contributed by atoms with van der Waals surface area (Å²) in [6.45, 7) is 11.6. The van der Waals surface area contributed by atoms with Crippen LogP contribution in [0.25, 0.3) is 0 Å². The highest BCUT2D eigenvalue weighted by atomic mass is 14.9. The predicted molar refractivity (Wildman–Crippen MR) is 61.1 cm³/mol. The van der Waals surface area contributed by atoms with E-state index in [4.69, 9.17) is 0 Å². The zero-order chi connectivity index (χ0) is 10.2. The summed E-state index contributed by atoms with van der Waals surface area (Å²) >= 11 is 0. The lowest BCUT2D eigenvalue weighted by Crippen LogP contribution is -2.33. The van der Waals surface area contributed by atoms with Crippen LogP contribution in [0.2, 0.25) is 0 Å². The van der Waals surface area contributed by atoms with Crippen molar-refractivity contribution in [3.05, 3.63) is 0 Å². The van der Waals surface area contributed by atoms with Crippen LogP contribution in [0.3, 0.4) is 0 Å². The molecule has 0 aromatic rings. The summed E-state index contributed by atoms with van der Waals surface area (Å²) in [5.74, 6) is 0. The van der Waals surface area contributed by atoms with Gasteiger partial charge in [-0.25, -0.2) is 0 Å². The first-order valence-corrected chi connectivity index (χ1v) is 5.95. The van der Waals surface area contributed by atoms with Crippen LogP contribution < -0.4 is 5.32 Å². The third-order valence-electron chi connectivity index (χ3n) is 3.21. The molecule has 80 valence electrons. The van der Waals surface area contributed by atoms with Gasteiger partial charge in [-0.15, -0.1) is 0 Å². The van der Waals surface area contributed by atoms with Gasteiger partial charge in [0, 0.05) is 6.54 Å². The SMILES string of the molecule is CCCNCC(CC)(CC)CCC. The molecule has 0 atom stereocenters. The van der Waals surface area contributed by atoms with E-state index in [2.05, 4.69) is 33.0 Å². The van der Waals surface area contributed by atoms with Gasteiger partial charge in [0.25, 0.3) is 0 Å². The summed E-state index contributed by atoms with van der Waals surface area (Å²) in [6.07, 6.45) is 6.56. The molecule has 0 aliphatic heterocycles. The molecule has 0 rings (SSSR count). The van der Waals surface area contributed by atoms with Gasteiger partial charge in [0.15, 0.2) is 0 Å². The molecular formula is C12H27N. The Kier molecular flexibility index (Phi) is 7.35. The first-order chi connectivity index (χ1) is 6.24. The second-order valence-electron chi connectivity index (χ2n) is 4.13. The fraction of sp³-hybridized carbons (Fsp3) is 1.00. The lowest BCUT2D eigenvalue weighted by molar-refractivity contribution is 0.226. The zero-order valence-electron chi connectivity index (χ0n) is 9.95. The van der Waals surface area contributed by atoms with Gasteiger partial charge in [-0.05, 0) is 37.6 Å². The Morgan fingerprint density at radius 3 is 1.92 bits per heavy atom. The highest BCUT2D eigenvalue weighted by Gasteiger charge is 2.23. The van der Waals surface area contributed by atoms with Crippen molar-refractivity contribution in [2.24, 2.45) is 5.41 Å². The van der Waals surface area contributed by atoms with Crippen molar-refractivity contribution in [3.8, 4) is 0 Å². The number of rotatable bonds is 8. The van der Waals surface area contributed by atoms with Crippen LogP contribution in [0.1, 0.15) is 59.8 Å². The van der Waals surface area contributed by atoms with E-state index in [9.17, 15) is 0 Å². The minimum absolute atomic E-state index is 0.573. The van der Waals surface area contributed by atoms with Crippen molar-refractivity contribution in [2.75, 3.05) is 13.1 Å². The molecule has 0 saturated carbocycles. The Morgan fingerprint density at radius 1 is 0.923 bits per heavy atom. The monoisotopic (exact) mass is 185 g/mol. The molecule has 0 aliphatic carbocycles. The molecule has 0 aromatic carbocycles. The Hall–Kier alpha value is -0.0400. The van der Waals surface area contributed by atoms with Crippen molar-refractivity contribution in [2.45, 2.75) is 59.8 Å². The molecule has 0 heterocycles. The van der Waals surface area contributed by atoms with Crippen LogP contribution in [0.4, 0.5) is 0 Å². The van der Waals surface area contributed by atoms with Crippen LogP contribution in [-0.2, 0) is 0 Å². The average Bonchev–Trinajstić information content (AvgIpc) is 2.17. The van der Waals surface area contributed by atoms with E-state index >= 15 is 0 Å². The highest BCUT2D eigenvalue weighted by Crippen LogP contribution is 2.30. The second-order valence-corrected chi connectivity index (χ2v) is 4.13. The maximum atomic E-state index is 3.56. The molecular weight excluding hydrogens is 158 g/mol. The minimum atomic E-state index is 0.573. The summed E-state index contributed by atoms with van der Waals surface area (Å²) in [5.41, 5.74) is 0.573. The van der Waals surface area contributed by atoms with E-state index in [1.54, 1.807) is 0 Å². The molecule has 1 nitrogen and oxygen atoms in total. The quantitative estimate of drug-likeness (QED) is 0.570. The van der Waals surface area contributed by atoms with Crippen molar-refractivity contribution < 1.29 is 0 Å². The Morgan fingerprint density at radius 2 is 1.54 bits per heavy atom. The predicted octanol–water partition coefficient (Wildman–Crippen LogP) is 3.59. The van der Waals surface area contributed by atoms with Crippen LogP contribution in [0.15, 0.2) is 0 Å². The van der Waals surface area contributed by atoms with Crippen LogP contribution in [0.5, 0.6) is 0 Å². The van der Waals surface area contributed by atoms with Gasteiger partial charge in [-0.1, -0.05) is 34.1 Å². The number of nitrogens with one attached hydrogen (secondary N) is 1. The van der Waals surface area contributed by atoms with Gasteiger partial charge in [-0.3, -0.25) is 0 Å². The second kappa shape index (κ2) is 7.37. The van der Waals surface area contributed by atoms with Gasteiger partial charge in [0.1, 0.15) is 0 Å². The molecule has 0 aliphatic rings. The number of hydrogen-bond acceptors (Lipinski definition) is 1. The normalized spacial score (nSPS) is 12.0. The molecule has 1 N–H and O–H groups in total. The summed E-state index contributed by atoms with van der Waals surface area (Å²) < 4.78 is 0. The fourth-order valence-corrected chi connectivity index (χ4v) is 2.00. The molecule has 0 fully saturated rings. The van der Waals surface area contributed by atoms with Crippen molar-refractivity contribution in [1.82, 2.24) is 5.32 Å². The molecule has 0 saturated heterocycles. The third kappa shape index (κ3) is 4.66. The smallest absolute Gasteiger partial charge is 0.000760 e. The number of hydrogen-bond donors (Lipinski definition) is 1. The standard InChI is InChI=1S/C12H27N/c1-5-9-12(7-3,8-4)11-13-10-6-2/h13H,5-11H2,1-4H3. The van der Waals surface area contributed by atoms with Crippen molar-refractivity contribution in [3.63, 3.8) is 0 Å². The van der Waals surface area contributed by atoms with E-state index in [-0.39, 0.29) is 0 Å². The summed E-state index contributed by atoms with van der Waals surface area (Å²) in [7, 11) is 0. The maximum absolute atomic E-state index is 3.56. The van der Waals surface area contributed by atoms with Crippen LogP contribution in [0, 0.1) is 5.41 Å². The molecule has 0 spiro atoms. The van der Waals surface area contributed by atoms with Gasteiger partial charge in [0.05, 0.1) is 0 Å². The van der Waals surface area contributed by atoms with Gasteiger partial charge in [0.2, 0.25) is 0 Å². The van der Waals surface area contributed by atoms with E-state index in [1.807, 2.05) is 0 Å². The van der Waals surface area contributed by atoms with Gasteiger partial charge in [-0.2, -0.15) is 0 Å². The molecule has 13 heavy (non-hydrogen) atoms. The summed E-state index contributed by atoms with van der Waals surface area (Å²) in [5, 5.41) is 3.56. The molecule has 0 unspecified atom stereocenters. The van der Waals surface area contributed by atoms with Crippen LogP contribution in [-0.4, -0.2) is 13.1 Å². The lowest BCUT2D eigenvalue weighted by atomic mass is 9.78. The first kappa shape index (κ1) is 13.0. The van der Waals surface area contributed by atoms with E-state index in [0.29, 0.717) is 5.41 Å². The van der Waals surface area contributed by atoms with Crippen molar-refractivity contribution in [1.29, 1.82) is 0 Å². The molecule has 0 amide bonds. The minimum Gasteiger partial charge on any atom is -0.316 e. The highest BCUT2D eigenvalue weighted by molar-refractivity contribution is 4.78. The van der Waals surface area contributed by atoms with E-state index in [0.717, 1.165) is 0 Å². The molecule has 1 heteroatoms. The summed E-state index contributed by atoms with van der Waals surface area (Å²) in [4.78, 5) is 0. The summed E-state index contributed by atoms with van der Waals surface area (Å²) in [6, 6.07) is 0.